The Morgan fingerprint density at radius 2 is 1.18 bits per heavy atom. The van der Waals surface area contributed by atoms with Gasteiger partial charge in [-0.3, -0.25) is 0 Å². The molecule has 0 saturated carbocycles. The van der Waals surface area contributed by atoms with Crippen LogP contribution < -0.4 is 5.32 Å². The first kappa shape index (κ1) is 36.8. The zero-order valence-corrected chi connectivity index (χ0v) is 24.0. The first-order chi connectivity index (χ1) is 17.2. The van der Waals surface area contributed by atoms with Gasteiger partial charge in [-0.15, -0.1) is 0 Å². The molecule has 0 aliphatic heterocycles. The van der Waals surface area contributed by atoms with Gasteiger partial charge in [0, 0.05) is 46.5 Å². The molecule has 0 aromatic rings. The number of alkyl halides is 6. The van der Waals surface area contributed by atoms with E-state index in [1.807, 2.05) is 0 Å². The molecule has 0 fully saturated rings. The normalized spacial score (nSPS) is 13.9. The second-order valence-electron chi connectivity index (χ2n) is 7.50. The maximum atomic E-state index is 12.8. The summed E-state index contributed by atoms with van der Waals surface area (Å²) in [5, 5.41) is 2.21. The Kier molecular flexibility index (Phi) is 14.5. The van der Waals surface area contributed by atoms with Gasteiger partial charge >= 0.3 is 46.0 Å². The molecule has 0 spiro atoms. The molecule has 228 valence electrons. The van der Waals surface area contributed by atoms with E-state index in [1.165, 1.54) is 0 Å². The third-order valence-corrected chi connectivity index (χ3v) is 10.9. The van der Waals surface area contributed by atoms with E-state index in [1.54, 1.807) is 20.8 Å². The van der Waals surface area contributed by atoms with E-state index in [4.69, 9.17) is 18.0 Å². The van der Waals surface area contributed by atoms with Crippen LogP contribution in [-0.4, -0.2) is 111 Å². The van der Waals surface area contributed by atoms with Gasteiger partial charge in [0.05, 0.1) is 13.1 Å². The Balaban J connectivity index is 5.51. The molecule has 0 aromatic carbocycles. The summed E-state index contributed by atoms with van der Waals surface area (Å²) < 4.78 is 144. The van der Waals surface area contributed by atoms with Crippen molar-refractivity contribution >= 4 is 34.9 Å². The highest BCUT2D eigenvalue weighted by Crippen LogP contribution is 2.28. The van der Waals surface area contributed by atoms with Crippen molar-refractivity contribution in [1.29, 1.82) is 0 Å². The van der Waals surface area contributed by atoms with E-state index >= 15 is 0 Å². The maximum absolute atomic E-state index is 12.8. The zero-order valence-electron chi connectivity index (χ0n) is 21.4. The molecule has 0 saturated heterocycles. The number of carbonyl (C=O) groups is 1. The second kappa shape index (κ2) is 15.0. The molecule has 0 atom stereocenters. The van der Waals surface area contributed by atoms with Gasteiger partial charge < -0.3 is 23.3 Å². The van der Waals surface area contributed by atoms with Gasteiger partial charge in [0.15, 0.2) is 0 Å². The largest absolute Gasteiger partial charge is 0.511 e. The molecular weight excluding hydrogens is 596 g/mol. The average Bonchev–Trinajstić information content (AvgIpc) is 2.75. The van der Waals surface area contributed by atoms with Crippen molar-refractivity contribution in [2.24, 2.45) is 0 Å². The molecular formula is C17H33F6N3O9S2Si. The molecule has 0 bridgehead atoms. The lowest BCUT2D eigenvalue weighted by Crippen LogP contribution is -2.49. The van der Waals surface area contributed by atoms with E-state index in [0.29, 0.717) is 14.1 Å². The SMILES string of the molecule is CCO[Si](CCCNC(=O)OC(CN(C)S(=O)(=O)C(F)(F)F)CN(C)S(=O)(=O)C(F)(F)F)(OCC)OCC. The summed E-state index contributed by atoms with van der Waals surface area (Å²) in [4.78, 5) is 12.2. The second-order valence-corrected chi connectivity index (χ2v) is 14.3. The summed E-state index contributed by atoms with van der Waals surface area (Å²) in [7, 11) is -14.1. The fraction of sp³-hybridized carbons (Fsp3) is 0.941. The van der Waals surface area contributed by atoms with E-state index < -0.39 is 65.2 Å². The van der Waals surface area contributed by atoms with Crippen molar-refractivity contribution < 1.29 is 66.0 Å². The highest BCUT2D eigenvalue weighted by Gasteiger charge is 2.51. The van der Waals surface area contributed by atoms with Crippen LogP contribution in [0.1, 0.15) is 27.2 Å². The zero-order chi connectivity index (χ0) is 30.0. The Bertz CT molecular complexity index is 883. The predicted molar refractivity (Wildman–Crippen MR) is 124 cm³/mol. The number of alkyl carbamates (subject to hydrolysis) is 1. The van der Waals surface area contributed by atoms with E-state index in [2.05, 4.69) is 5.32 Å². The number of halogens is 6. The minimum Gasteiger partial charge on any atom is -0.443 e. The smallest absolute Gasteiger partial charge is 0.443 e. The number of carbonyl (C=O) groups excluding carboxylic acids is 1. The van der Waals surface area contributed by atoms with Gasteiger partial charge in [0.1, 0.15) is 6.10 Å². The van der Waals surface area contributed by atoms with Crippen molar-refractivity contribution in [3.05, 3.63) is 0 Å². The van der Waals surface area contributed by atoms with Crippen molar-refractivity contribution in [1.82, 2.24) is 13.9 Å². The van der Waals surface area contributed by atoms with Crippen LogP contribution in [0, 0.1) is 0 Å². The quantitative estimate of drug-likeness (QED) is 0.146. The minimum absolute atomic E-state index is 0.124. The highest BCUT2D eigenvalue weighted by atomic mass is 32.2. The maximum Gasteiger partial charge on any atom is 0.511 e. The monoisotopic (exact) mass is 629 g/mol. The van der Waals surface area contributed by atoms with Crippen LogP contribution in [-0.2, 0) is 38.1 Å². The van der Waals surface area contributed by atoms with Crippen molar-refractivity contribution in [3.63, 3.8) is 0 Å². The van der Waals surface area contributed by atoms with Crippen molar-refractivity contribution in [3.8, 4) is 0 Å². The number of sulfonamides is 2. The van der Waals surface area contributed by atoms with Crippen LogP contribution in [0.15, 0.2) is 0 Å². The molecule has 21 heteroatoms. The summed E-state index contributed by atoms with van der Waals surface area (Å²) in [6, 6.07) is 0.241. The van der Waals surface area contributed by atoms with Gasteiger partial charge in [0.25, 0.3) is 0 Å². The third-order valence-electron chi connectivity index (χ3n) is 4.62. The van der Waals surface area contributed by atoms with Crippen LogP contribution in [0.2, 0.25) is 6.04 Å². The standard InChI is InChI=1S/C17H33F6N3O9S2Si/c1-6-32-38(33-7-2,34-8-3)11-9-10-24-15(27)35-14(12-25(4)36(28,29)16(18,19)20)13-26(5)37(30,31)17(21,22)23/h14H,6-13H2,1-5H3,(H,24,27). The number of hydrogen-bond acceptors (Lipinski definition) is 9. The predicted octanol–water partition coefficient (Wildman–Crippen LogP) is 2.08. The summed E-state index contributed by atoms with van der Waals surface area (Å²) in [5.41, 5.74) is -11.5. The molecule has 0 radical (unpaired) electrons. The van der Waals surface area contributed by atoms with Crippen LogP contribution in [0.25, 0.3) is 0 Å². The number of ether oxygens (including phenoxy) is 1. The molecule has 12 nitrogen and oxygen atoms in total. The first-order valence-corrected chi connectivity index (χ1v) is 15.9. The number of rotatable bonds is 17. The molecule has 0 aliphatic carbocycles. The van der Waals surface area contributed by atoms with E-state index in [-0.39, 0.29) is 47.4 Å². The Labute approximate surface area is 219 Å². The lowest BCUT2D eigenvalue weighted by Gasteiger charge is -2.29. The Morgan fingerprint density at radius 3 is 1.50 bits per heavy atom. The van der Waals surface area contributed by atoms with Crippen molar-refractivity contribution in [2.45, 2.75) is 50.4 Å². The van der Waals surface area contributed by atoms with Crippen LogP contribution in [0.5, 0.6) is 0 Å². The molecule has 38 heavy (non-hydrogen) atoms. The summed E-state index contributed by atoms with van der Waals surface area (Å²) >= 11 is 0. The number of hydrogen-bond donors (Lipinski definition) is 1. The lowest BCUT2D eigenvalue weighted by atomic mass is 10.3. The molecule has 0 aliphatic rings. The Morgan fingerprint density at radius 1 is 0.816 bits per heavy atom. The number of amides is 1. The number of nitrogens with zero attached hydrogens (tertiary/aromatic N) is 2. The first-order valence-electron chi connectivity index (χ1n) is 11.1. The van der Waals surface area contributed by atoms with Gasteiger partial charge in [-0.1, -0.05) is 0 Å². The summed E-state index contributed by atoms with van der Waals surface area (Å²) in [6.45, 7) is 3.29. The minimum atomic E-state index is -5.97. The van der Waals surface area contributed by atoms with E-state index in [9.17, 15) is 48.0 Å². The highest BCUT2D eigenvalue weighted by molar-refractivity contribution is 7.90. The van der Waals surface area contributed by atoms with Crippen LogP contribution >= 0.6 is 0 Å². The molecule has 0 rings (SSSR count). The molecule has 1 N–H and O–H groups in total. The van der Waals surface area contributed by atoms with Crippen LogP contribution in [0.3, 0.4) is 0 Å². The number of nitrogens with one attached hydrogen (secondary N) is 1. The van der Waals surface area contributed by atoms with E-state index in [0.717, 1.165) is 0 Å². The Hall–Kier alpha value is -1.23. The molecule has 0 aromatic heterocycles. The summed E-state index contributed by atoms with van der Waals surface area (Å²) in [5.74, 6) is 0. The summed E-state index contributed by atoms with van der Waals surface area (Å²) in [6.07, 6.45) is -3.19. The van der Waals surface area contributed by atoms with Gasteiger partial charge in [-0.2, -0.15) is 35.0 Å². The fourth-order valence-corrected chi connectivity index (χ4v) is 6.99. The van der Waals surface area contributed by atoms with Gasteiger partial charge in [0.2, 0.25) is 0 Å². The molecule has 0 heterocycles. The van der Waals surface area contributed by atoms with Crippen LogP contribution in [0.4, 0.5) is 31.1 Å². The van der Waals surface area contributed by atoms with Gasteiger partial charge in [-0.05, 0) is 27.2 Å². The topological polar surface area (TPSA) is 141 Å². The molecule has 0 unspecified atom stereocenters. The fourth-order valence-electron chi connectivity index (χ4n) is 2.95. The average molecular weight is 630 g/mol. The lowest BCUT2D eigenvalue weighted by molar-refractivity contribution is -0.0499. The molecule has 1 amide bonds. The third kappa shape index (κ3) is 10.7. The van der Waals surface area contributed by atoms with Crippen molar-refractivity contribution in [2.75, 3.05) is 53.6 Å². The number of likely N-dealkylation sites (N-methyl/N-ethyl adjacent to an activating group) is 2. The van der Waals surface area contributed by atoms with Gasteiger partial charge in [-0.25, -0.2) is 21.6 Å².